The van der Waals surface area contributed by atoms with E-state index >= 15 is 0 Å². The monoisotopic (exact) mass is 260 g/mol. The molecular formula is C16H24N2O. The van der Waals surface area contributed by atoms with Crippen LogP contribution < -0.4 is 5.32 Å². The van der Waals surface area contributed by atoms with Crippen LogP contribution in [-0.2, 0) is 12.0 Å². The average Bonchev–Trinajstić information content (AvgIpc) is 2.83. The standard InChI is InChI=1S/C16H24N2O/c1-2-17-9-14-10-18-19-15(14)16-6-11-3-12(7-16)5-13(4-11)8-16/h10-13,17H,2-9H2,1H3. The quantitative estimate of drug-likeness (QED) is 0.903. The number of rotatable bonds is 4. The third kappa shape index (κ3) is 1.85. The molecule has 0 aliphatic heterocycles. The first-order chi connectivity index (χ1) is 9.29. The van der Waals surface area contributed by atoms with Crippen molar-refractivity contribution in [1.29, 1.82) is 0 Å². The Kier molecular flexibility index (Phi) is 2.73. The highest BCUT2D eigenvalue weighted by molar-refractivity contribution is 5.27. The Bertz CT molecular complexity index is 430. The van der Waals surface area contributed by atoms with Crippen molar-refractivity contribution in [2.24, 2.45) is 17.8 Å². The molecule has 4 saturated carbocycles. The van der Waals surface area contributed by atoms with Gasteiger partial charge in [0.1, 0.15) is 5.76 Å². The molecule has 5 rings (SSSR count). The second kappa shape index (κ2) is 4.34. The molecule has 1 aromatic heterocycles. The summed E-state index contributed by atoms with van der Waals surface area (Å²) >= 11 is 0. The Labute approximate surface area is 115 Å². The summed E-state index contributed by atoms with van der Waals surface area (Å²) in [5.74, 6) is 4.11. The van der Waals surface area contributed by atoms with E-state index in [1.807, 2.05) is 6.20 Å². The van der Waals surface area contributed by atoms with E-state index in [-0.39, 0.29) is 0 Å². The number of hydrogen-bond acceptors (Lipinski definition) is 3. The summed E-state index contributed by atoms with van der Waals surface area (Å²) in [5.41, 5.74) is 1.65. The zero-order chi connectivity index (χ0) is 12.9. The molecule has 4 fully saturated rings. The zero-order valence-corrected chi connectivity index (χ0v) is 11.8. The fourth-order valence-electron chi connectivity index (χ4n) is 5.47. The average molecular weight is 260 g/mol. The number of aromatic nitrogens is 1. The van der Waals surface area contributed by atoms with Crippen molar-refractivity contribution >= 4 is 0 Å². The van der Waals surface area contributed by atoms with Gasteiger partial charge in [0.2, 0.25) is 0 Å². The first-order valence-corrected chi connectivity index (χ1v) is 7.94. The summed E-state index contributed by atoms with van der Waals surface area (Å²) < 4.78 is 5.76. The van der Waals surface area contributed by atoms with Crippen molar-refractivity contribution in [2.75, 3.05) is 6.54 Å². The van der Waals surface area contributed by atoms with Crippen LogP contribution in [0.5, 0.6) is 0 Å². The van der Waals surface area contributed by atoms with Crippen LogP contribution in [0.25, 0.3) is 0 Å². The molecule has 0 atom stereocenters. The highest BCUT2D eigenvalue weighted by Crippen LogP contribution is 2.61. The molecule has 104 valence electrons. The maximum absolute atomic E-state index is 5.76. The minimum absolute atomic E-state index is 0.343. The largest absolute Gasteiger partial charge is 0.360 e. The fraction of sp³-hybridized carbons (Fsp3) is 0.812. The molecule has 4 aliphatic rings. The lowest BCUT2D eigenvalue weighted by atomic mass is 9.49. The molecule has 0 aromatic carbocycles. The first kappa shape index (κ1) is 12.0. The Hall–Kier alpha value is -0.830. The van der Waals surface area contributed by atoms with Crippen LogP contribution in [0.4, 0.5) is 0 Å². The molecule has 1 aromatic rings. The lowest BCUT2D eigenvalue weighted by Gasteiger charge is -2.55. The van der Waals surface area contributed by atoms with Crippen LogP contribution in [-0.4, -0.2) is 11.7 Å². The first-order valence-electron chi connectivity index (χ1n) is 7.94. The minimum atomic E-state index is 0.343. The SMILES string of the molecule is CCNCc1cnoc1C12CC3CC(CC(C3)C1)C2. The summed E-state index contributed by atoms with van der Waals surface area (Å²) in [6.07, 6.45) is 10.5. The van der Waals surface area contributed by atoms with E-state index in [0.717, 1.165) is 30.8 Å². The normalized spacial score (nSPS) is 39.9. The summed E-state index contributed by atoms with van der Waals surface area (Å²) in [6, 6.07) is 0. The van der Waals surface area contributed by atoms with Gasteiger partial charge in [-0.1, -0.05) is 12.1 Å². The molecule has 4 aliphatic carbocycles. The number of nitrogens with zero attached hydrogens (tertiary/aromatic N) is 1. The maximum atomic E-state index is 5.76. The number of hydrogen-bond donors (Lipinski definition) is 1. The molecule has 3 nitrogen and oxygen atoms in total. The van der Waals surface area contributed by atoms with Crippen molar-refractivity contribution in [3.05, 3.63) is 17.5 Å². The third-order valence-corrected chi connectivity index (χ3v) is 5.73. The minimum Gasteiger partial charge on any atom is -0.360 e. The van der Waals surface area contributed by atoms with Gasteiger partial charge in [0.05, 0.1) is 6.20 Å². The van der Waals surface area contributed by atoms with Crippen molar-refractivity contribution < 1.29 is 4.52 Å². The van der Waals surface area contributed by atoms with E-state index < -0.39 is 0 Å². The molecule has 0 unspecified atom stereocenters. The highest BCUT2D eigenvalue weighted by atomic mass is 16.5. The van der Waals surface area contributed by atoms with Gasteiger partial charge in [-0.15, -0.1) is 0 Å². The van der Waals surface area contributed by atoms with Crippen molar-refractivity contribution in [2.45, 2.75) is 57.4 Å². The summed E-state index contributed by atoms with van der Waals surface area (Å²) in [4.78, 5) is 0. The lowest BCUT2D eigenvalue weighted by molar-refractivity contribution is -0.0181. The predicted octanol–water partition coefficient (Wildman–Crippen LogP) is 3.25. The molecule has 4 bridgehead atoms. The van der Waals surface area contributed by atoms with E-state index in [1.54, 1.807) is 0 Å². The molecular weight excluding hydrogens is 236 g/mol. The van der Waals surface area contributed by atoms with E-state index in [4.69, 9.17) is 4.52 Å². The number of nitrogens with one attached hydrogen (secondary N) is 1. The van der Waals surface area contributed by atoms with E-state index in [1.165, 1.54) is 49.8 Å². The van der Waals surface area contributed by atoms with Gasteiger partial charge in [-0.3, -0.25) is 0 Å². The van der Waals surface area contributed by atoms with E-state index in [2.05, 4.69) is 17.4 Å². The summed E-state index contributed by atoms with van der Waals surface area (Å²) in [6.45, 7) is 4.07. The van der Waals surface area contributed by atoms with Gasteiger partial charge in [-0.25, -0.2) is 0 Å². The molecule has 3 heteroatoms. The van der Waals surface area contributed by atoms with Gasteiger partial charge in [0.15, 0.2) is 0 Å². The van der Waals surface area contributed by atoms with Gasteiger partial charge >= 0.3 is 0 Å². The summed E-state index contributed by atoms with van der Waals surface area (Å²) in [5, 5.41) is 7.54. The van der Waals surface area contributed by atoms with Crippen molar-refractivity contribution in [1.82, 2.24) is 10.5 Å². The Morgan fingerprint density at radius 1 is 1.21 bits per heavy atom. The third-order valence-electron chi connectivity index (χ3n) is 5.73. The van der Waals surface area contributed by atoms with Crippen LogP contribution >= 0.6 is 0 Å². The van der Waals surface area contributed by atoms with Crippen LogP contribution in [0, 0.1) is 17.8 Å². The van der Waals surface area contributed by atoms with Gasteiger partial charge in [0, 0.05) is 17.5 Å². The smallest absolute Gasteiger partial charge is 0.147 e. The van der Waals surface area contributed by atoms with Gasteiger partial charge < -0.3 is 9.84 Å². The second-order valence-corrected chi connectivity index (χ2v) is 7.16. The highest BCUT2D eigenvalue weighted by Gasteiger charge is 2.54. The van der Waals surface area contributed by atoms with Crippen molar-refractivity contribution in [3.63, 3.8) is 0 Å². The molecule has 1 heterocycles. The maximum Gasteiger partial charge on any atom is 0.147 e. The lowest BCUT2D eigenvalue weighted by Crippen LogP contribution is -2.48. The zero-order valence-electron chi connectivity index (χ0n) is 11.8. The van der Waals surface area contributed by atoms with Gasteiger partial charge in [-0.05, 0) is 62.8 Å². The van der Waals surface area contributed by atoms with Crippen LogP contribution in [0.2, 0.25) is 0 Å². The molecule has 0 saturated heterocycles. The molecule has 0 amide bonds. The van der Waals surface area contributed by atoms with Crippen LogP contribution in [0.15, 0.2) is 10.7 Å². The Balaban J connectivity index is 1.66. The van der Waals surface area contributed by atoms with E-state index in [9.17, 15) is 0 Å². The molecule has 0 radical (unpaired) electrons. The molecule has 19 heavy (non-hydrogen) atoms. The van der Waals surface area contributed by atoms with E-state index in [0.29, 0.717) is 5.41 Å². The second-order valence-electron chi connectivity index (χ2n) is 7.16. The van der Waals surface area contributed by atoms with Crippen LogP contribution in [0.1, 0.15) is 56.8 Å². The fourth-order valence-corrected chi connectivity index (χ4v) is 5.47. The Morgan fingerprint density at radius 2 is 1.84 bits per heavy atom. The predicted molar refractivity (Wildman–Crippen MR) is 73.7 cm³/mol. The molecule has 0 spiro atoms. The summed E-state index contributed by atoms with van der Waals surface area (Å²) in [7, 11) is 0. The van der Waals surface area contributed by atoms with Crippen molar-refractivity contribution in [3.8, 4) is 0 Å². The van der Waals surface area contributed by atoms with Gasteiger partial charge in [0.25, 0.3) is 0 Å². The molecule has 1 N–H and O–H groups in total. The topological polar surface area (TPSA) is 38.1 Å². The van der Waals surface area contributed by atoms with Gasteiger partial charge in [-0.2, -0.15) is 0 Å². The van der Waals surface area contributed by atoms with Crippen LogP contribution in [0.3, 0.4) is 0 Å². The Morgan fingerprint density at radius 3 is 2.42 bits per heavy atom.